The first-order valence-electron chi connectivity index (χ1n) is 8.29. The maximum absolute atomic E-state index is 12.3. The third-order valence-electron chi connectivity index (χ3n) is 4.68. The van der Waals surface area contributed by atoms with E-state index in [2.05, 4.69) is 4.99 Å². The van der Waals surface area contributed by atoms with E-state index in [9.17, 15) is 13.2 Å². The van der Waals surface area contributed by atoms with E-state index in [1.54, 1.807) is 0 Å². The van der Waals surface area contributed by atoms with E-state index in [1.165, 1.54) is 11.8 Å². The van der Waals surface area contributed by atoms with Crippen molar-refractivity contribution in [3.63, 3.8) is 0 Å². The van der Waals surface area contributed by atoms with Crippen molar-refractivity contribution in [1.82, 2.24) is 4.90 Å². The van der Waals surface area contributed by atoms with Gasteiger partial charge in [0, 0.05) is 22.7 Å². The zero-order valence-corrected chi connectivity index (χ0v) is 16.6. The lowest BCUT2D eigenvalue weighted by atomic mass is 10.1. The number of aliphatic imine (C=N–C) groups is 1. The Morgan fingerprint density at radius 1 is 1.36 bits per heavy atom. The number of hydrogen-bond acceptors (Lipinski definition) is 4. The van der Waals surface area contributed by atoms with Gasteiger partial charge in [-0.05, 0) is 24.1 Å². The fourth-order valence-electron chi connectivity index (χ4n) is 2.99. The van der Waals surface area contributed by atoms with Crippen molar-refractivity contribution in [1.29, 1.82) is 0 Å². The first kappa shape index (κ1) is 18.7. The number of halogens is 1. The molecule has 0 aliphatic carbocycles. The van der Waals surface area contributed by atoms with Gasteiger partial charge in [0.2, 0.25) is 0 Å². The Kier molecular flexibility index (Phi) is 5.46. The highest BCUT2D eigenvalue weighted by Crippen LogP contribution is 2.39. The summed E-state index contributed by atoms with van der Waals surface area (Å²) in [6.07, 6.45) is 0.735. The Balaban J connectivity index is 1.88. The number of sulfone groups is 1. The fourth-order valence-corrected chi connectivity index (χ4v) is 7.07. The molecule has 0 spiro atoms. The van der Waals surface area contributed by atoms with Gasteiger partial charge in [-0.2, -0.15) is 4.99 Å². The lowest BCUT2D eigenvalue weighted by Gasteiger charge is -2.24. The molecule has 0 unspecified atom stereocenters. The van der Waals surface area contributed by atoms with Crippen molar-refractivity contribution in [2.75, 3.05) is 11.5 Å². The highest BCUT2D eigenvalue weighted by Gasteiger charge is 2.48. The summed E-state index contributed by atoms with van der Waals surface area (Å²) < 4.78 is 24.0. The fraction of sp³-hybridized carbons (Fsp3) is 0.529. The lowest BCUT2D eigenvalue weighted by molar-refractivity contribution is -0.121. The summed E-state index contributed by atoms with van der Waals surface area (Å²) in [5.41, 5.74) is 1.01. The Labute approximate surface area is 157 Å². The number of amides is 1. The molecule has 0 N–H and O–H groups in total. The van der Waals surface area contributed by atoms with Crippen molar-refractivity contribution in [3.05, 3.63) is 34.9 Å². The van der Waals surface area contributed by atoms with E-state index in [1.807, 2.05) is 43.0 Å². The van der Waals surface area contributed by atoms with E-state index in [0.717, 1.165) is 12.0 Å². The topological polar surface area (TPSA) is 66.8 Å². The molecule has 1 aromatic carbocycles. The molecule has 25 heavy (non-hydrogen) atoms. The van der Waals surface area contributed by atoms with Crippen molar-refractivity contribution in [3.8, 4) is 0 Å². The molecule has 1 aromatic rings. The standard InChI is InChI=1S/C17H21ClN2O3S2/c1-3-11(2)16(21)19-17-20(8-12-4-6-13(18)7-5-12)14-9-25(22,23)10-15(14)24-17/h4-7,11,14-15H,3,8-10H2,1-2H3/t11-,14-,15+/m0/s1. The lowest BCUT2D eigenvalue weighted by Crippen LogP contribution is -2.37. The van der Waals surface area contributed by atoms with Crippen LogP contribution in [0.4, 0.5) is 0 Å². The minimum Gasteiger partial charge on any atom is -0.342 e. The number of rotatable bonds is 4. The summed E-state index contributed by atoms with van der Waals surface area (Å²) in [6, 6.07) is 7.32. The summed E-state index contributed by atoms with van der Waals surface area (Å²) in [6.45, 7) is 4.34. The van der Waals surface area contributed by atoms with Crippen LogP contribution in [-0.4, -0.2) is 47.2 Å². The van der Waals surface area contributed by atoms with E-state index in [-0.39, 0.29) is 34.6 Å². The van der Waals surface area contributed by atoms with E-state index in [4.69, 9.17) is 11.6 Å². The first-order chi connectivity index (χ1) is 11.8. The minimum absolute atomic E-state index is 0.0548. The van der Waals surface area contributed by atoms with Crippen LogP contribution in [-0.2, 0) is 21.2 Å². The number of amidine groups is 1. The van der Waals surface area contributed by atoms with Gasteiger partial charge in [-0.1, -0.05) is 49.3 Å². The van der Waals surface area contributed by atoms with Crippen LogP contribution in [0.5, 0.6) is 0 Å². The average molecular weight is 401 g/mol. The summed E-state index contributed by atoms with van der Waals surface area (Å²) in [7, 11) is -3.03. The van der Waals surface area contributed by atoms with Gasteiger partial charge in [0.15, 0.2) is 15.0 Å². The smallest absolute Gasteiger partial charge is 0.250 e. The van der Waals surface area contributed by atoms with Gasteiger partial charge in [0.1, 0.15) is 0 Å². The summed E-state index contributed by atoms with van der Waals surface area (Å²) >= 11 is 7.36. The molecule has 0 saturated carbocycles. The predicted molar refractivity (Wildman–Crippen MR) is 103 cm³/mol. The third-order valence-corrected chi connectivity index (χ3v) is 8.18. The molecular formula is C17H21ClN2O3S2. The van der Waals surface area contributed by atoms with E-state index in [0.29, 0.717) is 16.7 Å². The summed E-state index contributed by atoms with van der Waals surface area (Å²) in [5.74, 6) is -0.00581. The van der Waals surface area contributed by atoms with Crippen LogP contribution in [0.2, 0.25) is 5.02 Å². The van der Waals surface area contributed by atoms with Crippen LogP contribution < -0.4 is 0 Å². The second-order valence-electron chi connectivity index (χ2n) is 6.60. The normalized spacial score (nSPS) is 27.5. The molecular weight excluding hydrogens is 380 g/mol. The first-order valence-corrected chi connectivity index (χ1v) is 11.4. The van der Waals surface area contributed by atoms with E-state index >= 15 is 0 Å². The van der Waals surface area contributed by atoms with Crippen molar-refractivity contribution in [2.45, 2.75) is 38.1 Å². The molecule has 2 aliphatic rings. The Bertz CT molecular complexity index is 793. The van der Waals surface area contributed by atoms with Gasteiger partial charge < -0.3 is 4.90 Å². The number of nitrogens with zero attached hydrogens (tertiary/aromatic N) is 2. The Morgan fingerprint density at radius 2 is 2.04 bits per heavy atom. The minimum atomic E-state index is -3.03. The van der Waals surface area contributed by atoms with Crippen molar-refractivity contribution in [2.24, 2.45) is 10.9 Å². The van der Waals surface area contributed by atoms with Gasteiger partial charge in [-0.15, -0.1) is 0 Å². The van der Waals surface area contributed by atoms with Crippen molar-refractivity contribution < 1.29 is 13.2 Å². The van der Waals surface area contributed by atoms with Crippen LogP contribution in [0.15, 0.2) is 29.3 Å². The largest absolute Gasteiger partial charge is 0.342 e. The highest BCUT2D eigenvalue weighted by atomic mass is 35.5. The van der Waals surface area contributed by atoms with Crippen molar-refractivity contribution >= 4 is 44.3 Å². The van der Waals surface area contributed by atoms with Crippen LogP contribution in [0.25, 0.3) is 0 Å². The number of fused-ring (bicyclic) bond motifs is 1. The number of thioether (sulfide) groups is 1. The number of carbonyl (C=O) groups is 1. The molecule has 3 rings (SSSR count). The molecule has 0 bridgehead atoms. The Morgan fingerprint density at radius 3 is 2.68 bits per heavy atom. The molecule has 2 fully saturated rings. The highest BCUT2D eigenvalue weighted by molar-refractivity contribution is 8.15. The molecule has 2 heterocycles. The van der Waals surface area contributed by atoms with Crippen LogP contribution in [0.3, 0.4) is 0 Å². The second kappa shape index (κ2) is 7.29. The van der Waals surface area contributed by atoms with Gasteiger partial charge in [-0.3, -0.25) is 4.79 Å². The average Bonchev–Trinajstić information content (AvgIpc) is 3.01. The van der Waals surface area contributed by atoms with E-state index < -0.39 is 9.84 Å². The molecule has 5 nitrogen and oxygen atoms in total. The second-order valence-corrected chi connectivity index (χ2v) is 10.4. The number of carbonyl (C=O) groups excluding carboxylic acids is 1. The summed E-state index contributed by atoms with van der Waals surface area (Å²) in [5, 5.41) is 1.24. The molecule has 3 atom stereocenters. The van der Waals surface area contributed by atoms with Crippen LogP contribution >= 0.6 is 23.4 Å². The van der Waals surface area contributed by atoms with Gasteiger partial charge in [-0.25, -0.2) is 8.42 Å². The monoisotopic (exact) mass is 400 g/mol. The molecule has 2 saturated heterocycles. The SMILES string of the molecule is CC[C@H](C)C(=O)N=C1S[C@@H]2CS(=O)(=O)C[C@@H]2N1Cc1ccc(Cl)cc1. The quantitative estimate of drug-likeness (QED) is 0.777. The summed E-state index contributed by atoms with van der Waals surface area (Å²) in [4.78, 5) is 18.6. The Hall–Kier alpha value is -1.05. The molecule has 136 valence electrons. The predicted octanol–water partition coefficient (Wildman–Crippen LogP) is 2.98. The molecule has 2 aliphatic heterocycles. The van der Waals surface area contributed by atoms with Crippen LogP contribution in [0.1, 0.15) is 25.8 Å². The van der Waals surface area contributed by atoms with Gasteiger partial charge in [0.05, 0.1) is 17.5 Å². The molecule has 0 radical (unpaired) electrons. The zero-order chi connectivity index (χ0) is 18.2. The van der Waals surface area contributed by atoms with Gasteiger partial charge in [0.25, 0.3) is 5.91 Å². The van der Waals surface area contributed by atoms with Crippen LogP contribution in [0, 0.1) is 5.92 Å². The van der Waals surface area contributed by atoms with Gasteiger partial charge >= 0.3 is 0 Å². The maximum atomic E-state index is 12.3. The molecule has 1 amide bonds. The zero-order valence-electron chi connectivity index (χ0n) is 14.2. The molecule has 0 aromatic heterocycles. The number of hydrogen-bond donors (Lipinski definition) is 0. The molecule has 8 heteroatoms. The maximum Gasteiger partial charge on any atom is 0.250 e. The number of benzene rings is 1. The third kappa shape index (κ3) is 4.20.